The number of hydrogen-bond acceptors (Lipinski definition) is 9. The van der Waals surface area contributed by atoms with Crippen molar-refractivity contribution < 1.29 is 33.4 Å². The van der Waals surface area contributed by atoms with Crippen molar-refractivity contribution in [3.63, 3.8) is 0 Å². The number of imidazole rings is 2. The Kier molecular flexibility index (Phi) is 13.0. The van der Waals surface area contributed by atoms with E-state index in [9.17, 15) is 24.0 Å². The van der Waals surface area contributed by atoms with Crippen LogP contribution in [0.25, 0.3) is 33.6 Å². The van der Waals surface area contributed by atoms with E-state index in [0.29, 0.717) is 23.8 Å². The highest BCUT2D eigenvalue weighted by Gasteiger charge is 2.42. The van der Waals surface area contributed by atoms with Crippen LogP contribution in [0.5, 0.6) is 0 Å². The van der Waals surface area contributed by atoms with Gasteiger partial charge in [0.25, 0.3) is 5.91 Å². The minimum absolute atomic E-state index is 0.0188. The minimum Gasteiger partial charge on any atom is -0.453 e. The van der Waals surface area contributed by atoms with Gasteiger partial charge in [-0.15, -0.1) is 0 Å². The Hall–Kier alpha value is -6.97. The molecular formula is C46H53N9O7. The first-order valence-corrected chi connectivity index (χ1v) is 20.8. The van der Waals surface area contributed by atoms with Crippen LogP contribution in [0.2, 0.25) is 0 Å². The molecule has 62 heavy (non-hydrogen) atoms. The lowest BCUT2D eigenvalue weighted by Crippen LogP contribution is -2.51. The minimum atomic E-state index is -0.883. The molecule has 0 spiro atoms. The lowest BCUT2D eigenvalue weighted by molar-refractivity contribution is -0.136. The maximum atomic E-state index is 14.1. The van der Waals surface area contributed by atoms with E-state index in [1.165, 1.54) is 14.2 Å². The van der Waals surface area contributed by atoms with Gasteiger partial charge in [0.1, 0.15) is 29.8 Å². The molecule has 4 heterocycles. The van der Waals surface area contributed by atoms with E-state index in [2.05, 4.69) is 25.6 Å². The summed E-state index contributed by atoms with van der Waals surface area (Å²) in [5.74, 6) is 0.124. The van der Waals surface area contributed by atoms with Crippen LogP contribution in [-0.2, 0) is 19.1 Å². The number of ether oxygens (including phenoxy) is 2. The number of H-pyrrole nitrogens is 2. The summed E-state index contributed by atoms with van der Waals surface area (Å²) in [5, 5.41) is 5.35. The highest BCUT2D eigenvalue weighted by Crippen LogP contribution is 2.34. The van der Waals surface area contributed by atoms with Crippen molar-refractivity contribution in [2.75, 3.05) is 34.0 Å². The van der Waals surface area contributed by atoms with Crippen LogP contribution < -0.4 is 10.6 Å². The predicted octanol–water partition coefficient (Wildman–Crippen LogP) is 6.54. The standard InChI is InChI=1S/C46H53N9O7/c1-27(2)38(51-45(59)61-5)43(57)54-22-10-13-36(54)40-47-23-34(49-40)31-18-14-29(15-19-31)30-16-20-32(21-17-30)35-24-48-41(50-35)37-25-53(42(56)33-11-8-7-9-12-33)26-55(37)44(58)39(28(3)4)52-46(60)62-6/h7-9,11-12,14-21,23-24,27-28,36-39H,10,13,22,25-26H2,1-6H3,(H,47,49)(H,48,50)(H,51,59)(H,52,60)/t36-,37-,38-,39?/m0/s1. The van der Waals surface area contributed by atoms with Crippen LogP contribution in [-0.4, -0.2) is 111 Å². The first-order valence-electron chi connectivity index (χ1n) is 20.8. The molecule has 16 heteroatoms. The molecule has 4 atom stereocenters. The molecule has 2 aromatic heterocycles. The topological polar surface area (TPSA) is 195 Å². The zero-order chi connectivity index (χ0) is 44.1. The second kappa shape index (κ2) is 18.7. The van der Waals surface area contributed by atoms with Gasteiger partial charge in [0.2, 0.25) is 11.8 Å². The van der Waals surface area contributed by atoms with Crippen molar-refractivity contribution in [1.29, 1.82) is 0 Å². The van der Waals surface area contributed by atoms with Gasteiger partial charge in [0, 0.05) is 12.1 Å². The van der Waals surface area contributed by atoms with Crippen molar-refractivity contribution in [2.24, 2.45) is 11.8 Å². The molecule has 7 rings (SSSR count). The van der Waals surface area contributed by atoms with Gasteiger partial charge >= 0.3 is 12.2 Å². The zero-order valence-electron chi connectivity index (χ0n) is 35.8. The van der Waals surface area contributed by atoms with E-state index >= 15 is 0 Å². The van der Waals surface area contributed by atoms with E-state index < -0.39 is 30.3 Å². The third kappa shape index (κ3) is 9.18. The molecule has 2 aliphatic heterocycles. The van der Waals surface area contributed by atoms with Crippen LogP contribution in [0.4, 0.5) is 9.59 Å². The second-order valence-electron chi connectivity index (χ2n) is 16.3. The Labute approximate surface area is 360 Å². The Morgan fingerprint density at radius 1 is 0.645 bits per heavy atom. The normalized spacial score (nSPS) is 17.3. The van der Waals surface area contributed by atoms with Gasteiger partial charge in [-0.3, -0.25) is 14.4 Å². The predicted molar refractivity (Wildman–Crippen MR) is 231 cm³/mol. The molecule has 2 fully saturated rings. The van der Waals surface area contributed by atoms with Crippen LogP contribution in [0, 0.1) is 11.8 Å². The fraction of sp³-hybridized carbons (Fsp3) is 0.370. The number of nitrogens with one attached hydrogen (secondary N) is 4. The number of carbonyl (C=O) groups is 5. The summed E-state index contributed by atoms with van der Waals surface area (Å²) in [7, 11) is 2.53. The number of methoxy groups -OCH3 is 2. The van der Waals surface area contributed by atoms with Crippen molar-refractivity contribution >= 4 is 29.9 Å². The third-order valence-electron chi connectivity index (χ3n) is 11.5. The first kappa shape index (κ1) is 43.1. The first-order chi connectivity index (χ1) is 29.9. The number of likely N-dealkylation sites (tertiary alicyclic amines) is 1. The molecule has 2 aliphatic rings. The van der Waals surface area contributed by atoms with Crippen LogP contribution in [0.1, 0.15) is 74.6 Å². The van der Waals surface area contributed by atoms with Crippen LogP contribution in [0.3, 0.4) is 0 Å². The average Bonchev–Trinajstić information content (AvgIpc) is 4.14. The summed E-state index contributed by atoms with van der Waals surface area (Å²) < 4.78 is 9.56. The van der Waals surface area contributed by atoms with Gasteiger partial charge in [-0.25, -0.2) is 19.6 Å². The number of nitrogens with zero attached hydrogens (tertiary/aromatic N) is 5. The average molecular weight is 844 g/mol. The Bertz CT molecular complexity index is 2380. The lowest BCUT2D eigenvalue weighted by atomic mass is 10.0. The molecule has 2 saturated heterocycles. The summed E-state index contributed by atoms with van der Waals surface area (Å²) in [6.45, 7) is 8.26. The number of aromatic nitrogens is 4. The number of amides is 5. The highest BCUT2D eigenvalue weighted by molar-refractivity contribution is 5.95. The summed E-state index contributed by atoms with van der Waals surface area (Å²) >= 11 is 0. The molecule has 1 unspecified atom stereocenters. The van der Waals surface area contributed by atoms with Gasteiger partial charge < -0.3 is 44.8 Å². The maximum Gasteiger partial charge on any atom is 0.407 e. The molecule has 0 radical (unpaired) electrons. The molecule has 0 bridgehead atoms. The number of benzene rings is 3. The monoisotopic (exact) mass is 843 g/mol. The lowest BCUT2D eigenvalue weighted by Gasteiger charge is -2.30. The second-order valence-corrected chi connectivity index (χ2v) is 16.3. The van der Waals surface area contributed by atoms with E-state index in [1.54, 1.807) is 51.4 Å². The summed E-state index contributed by atoms with van der Waals surface area (Å²) in [6.07, 6.45) is 3.74. The number of carbonyl (C=O) groups excluding carboxylic acids is 5. The van der Waals surface area contributed by atoms with Crippen LogP contribution in [0.15, 0.2) is 91.3 Å². The number of aromatic amines is 2. The highest BCUT2D eigenvalue weighted by atomic mass is 16.5. The molecule has 5 amide bonds. The Balaban J connectivity index is 1.05. The van der Waals surface area contributed by atoms with E-state index in [0.717, 1.165) is 46.5 Å². The van der Waals surface area contributed by atoms with E-state index in [4.69, 9.17) is 14.5 Å². The SMILES string of the molecule is COC(=O)NC(C(=O)N1CN(C(=O)c2ccccc2)C[C@H]1c1ncc(-c2ccc(-c3ccc(-c4cnc([C@@H]5CCCN5C(=O)[C@@H](NC(=O)OC)C(C)C)[nH]4)cc3)cc2)[nH]1)C(C)C. The van der Waals surface area contributed by atoms with Gasteiger partial charge in [-0.05, 0) is 59.1 Å². The van der Waals surface area contributed by atoms with E-state index in [1.807, 2.05) is 82.3 Å². The van der Waals surface area contributed by atoms with Crippen molar-refractivity contribution in [3.05, 3.63) is 108 Å². The van der Waals surface area contributed by atoms with Gasteiger partial charge in [-0.2, -0.15) is 0 Å². The number of rotatable bonds is 12. The summed E-state index contributed by atoms with van der Waals surface area (Å²) in [4.78, 5) is 86.6. The molecule has 4 N–H and O–H groups in total. The Morgan fingerprint density at radius 3 is 1.60 bits per heavy atom. The molecular weight excluding hydrogens is 791 g/mol. The quantitative estimate of drug-likeness (QED) is 0.108. The molecule has 16 nitrogen and oxygen atoms in total. The largest absolute Gasteiger partial charge is 0.453 e. The maximum absolute atomic E-state index is 14.1. The van der Waals surface area contributed by atoms with Crippen LogP contribution >= 0.6 is 0 Å². The summed E-state index contributed by atoms with van der Waals surface area (Å²) in [6, 6.07) is 22.7. The molecule has 0 aliphatic carbocycles. The zero-order valence-corrected chi connectivity index (χ0v) is 35.8. The molecule has 0 saturated carbocycles. The van der Waals surface area contributed by atoms with Crippen molar-refractivity contribution in [2.45, 2.75) is 64.7 Å². The van der Waals surface area contributed by atoms with E-state index in [-0.39, 0.29) is 48.8 Å². The third-order valence-corrected chi connectivity index (χ3v) is 11.5. The molecule has 3 aromatic carbocycles. The number of hydrogen-bond donors (Lipinski definition) is 4. The number of alkyl carbamates (subject to hydrolysis) is 2. The molecule has 5 aromatic rings. The summed E-state index contributed by atoms with van der Waals surface area (Å²) in [5.41, 5.74) is 5.93. The molecule has 324 valence electrons. The van der Waals surface area contributed by atoms with Gasteiger partial charge in [0.05, 0.1) is 57.3 Å². The smallest absolute Gasteiger partial charge is 0.407 e. The fourth-order valence-corrected chi connectivity index (χ4v) is 8.08. The van der Waals surface area contributed by atoms with Gasteiger partial charge in [-0.1, -0.05) is 94.4 Å². The van der Waals surface area contributed by atoms with Gasteiger partial charge in [0.15, 0.2) is 0 Å². The Morgan fingerprint density at radius 2 is 1.11 bits per heavy atom. The van der Waals surface area contributed by atoms with Crippen molar-refractivity contribution in [3.8, 4) is 33.6 Å². The van der Waals surface area contributed by atoms with Crippen molar-refractivity contribution in [1.82, 2.24) is 45.3 Å². The fourth-order valence-electron chi connectivity index (χ4n) is 8.08.